The molecule has 0 aliphatic carbocycles. The van der Waals surface area contributed by atoms with Gasteiger partial charge in [0, 0.05) is 0 Å². The zero-order valence-corrected chi connectivity index (χ0v) is 47.1. The van der Waals surface area contributed by atoms with Crippen molar-refractivity contribution in [3.63, 3.8) is 0 Å². The molecular weight excluding hydrogens is 919 g/mol. The highest BCUT2D eigenvalue weighted by Crippen LogP contribution is 2.23. The average molecular weight is 1040 g/mol. The van der Waals surface area contributed by atoms with Crippen molar-refractivity contribution in [3.05, 3.63) is 36.5 Å². The van der Waals surface area contributed by atoms with Crippen LogP contribution in [0.2, 0.25) is 0 Å². The molecule has 0 saturated carbocycles. The van der Waals surface area contributed by atoms with E-state index in [1.165, 1.54) is 180 Å². The van der Waals surface area contributed by atoms with E-state index < -0.39 is 74.2 Å². The smallest absolute Gasteiger partial charge is 0.249 e. The van der Waals surface area contributed by atoms with E-state index in [2.05, 4.69) is 55.6 Å². The summed E-state index contributed by atoms with van der Waals surface area (Å²) in [6.45, 7) is 3.47. The topological polar surface area (TPSA) is 189 Å². The molecule has 1 rings (SSSR count). The van der Waals surface area contributed by atoms with Gasteiger partial charge in [-0.2, -0.15) is 0 Å². The molecule has 1 saturated heterocycles. The summed E-state index contributed by atoms with van der Waals surface area (Å²) in [5, 5.41) is 76.2. The average Bonchev–Trinajstić information content (AvgIpc) is 3.39. The van der Waals surface area contributed by atoms with E-state index in [9.17, 15) is 40.5 Å². The van der Waals surface area contributed by atoms with Crippen LogP contribution in [-0.2, 0) is 14.3 Å². The van der Waals surface area contributed by atoms with Crippen molar-refractivity contribution in [3.8, 4) is 0 Å². The molecule has 1 fully saturated rings. The van der Waals surface area contributed by atoms with Gasteiger partial charge in [0.1, 0.15) is 36.6 Å². The minimum atomic E-state index is -1.67. The van der Waals surface area contributed by atoms with Crippen molar-refractivity contribution in [1.29, 1.82) is 0 Å². The van der Waals surface area contributed by atoms with Crippen LogP contribution in [-0.4, -0.2) is 110 Å². The first kappa shape index (κ1) is 69.3. The molecule has 1 aliphatic rings. The number of nitrogens with one attached hydrogen (secondary N) is 1. The largest absolute Gasteiger partial charge is 0.394 e. The molecule has 0 aromatic carbocycles. The Morgan fingerprint density at radius 1 is 0.466 bits per heavy atom. The second-order valence-corrected chi connectivity index (χ2v) is 21.8. The lowest BCUT2D eigenvalue weighted by atomic mass is 9.98. The fourth-order valence-electron chi connectivity index (χ4n) is 9.87. The van der Waals surface area contributed by atoms with Gasteiger partial charge in [-0.05, 0) is 77.0 Å². The van der Waals surface area contributed by atoms with Gasteiger partial charge in [-0.1, -0.05) is 243 Å². The number of hydrogen-bond donors (Lipinski definition) is 8. The predicted molar refractivity (Wildman–Crippen MR) is 302 cm³/mol. The molecule has 0 bridgehead atoms. The Kier molecular flexibility index (Phi) is 48.5. The van der Waals surface area contributed by atoms with Gasteiger partial charge in [0.15, 0.2) is 6.29 Å². The summed E-state index contributed by atoms with van der Waals surface area (Å²) in [5.74, 6) is -0.712. The summed E-state index contributed by atoms with van der Waals surface area (Å²) < 4.78 is 11.1. The van der Waals surface area contributed by atoms with Gasteiger partial charge in [0.05, 0.1) is 25.4 Å². The summed E-state index contributed by atoms with van der Waals surface area (Å²) in [5.41, 5.74) is 0. The molecule has 1 heterocycles. The number of unbranched alkanes of at least 4 members (excludes halogenated alkanes) is 35. The highest BCUT2D eigenvalue weighted by Gasteiger charge is 2.44. The molecule has 9 unspecified atom stereocenters. The molecule has 11 nitrogen and oxygen atoms in total. The first-order valence-electron chi connectivity index (χ1n) is 30.9. The molecule has 9 atom stereocenters. The minimum Gasteiger partial charge on any atom is -0.394 e. The maximum atomic E-state index is 13.2. The number of hydrogen-bond acceptors (Lipinski definition) is 10. The molecule has 11 heteroatoms. The van der Waals surface area contributed by atoms with Gasteiger partial charge < -0.3 is 50.5 Å². The van der Waals surface area contributed by atoms with Crippen LogP contribution in [0, 0.1) is 0 Å². The van der Waals surface area contributed by atoms with Crippen LogP contribution in [0.3, 0.4) is 0 Å². The normalized spacial score (nSPS) is 20.2. The Labute approximate surface area is 447 Å². The number of ether oxygens (including phenoxy) is 2. The first-order chi connectivity index (χ1) is 35.7. The molecule has 0 aromatic heterocycles. The number of carbonyl (C=O) groups excluding carboxylic acids is 1. The number of amides is 1. The third kappa shape index (κ3) is 39.4. The van der Waals surface area contributed by atoms with Crippen LogP contribution < -0.4 is 5.32 Å². The Morgan fingerprint density at radius 2 is 0.822 bits per heavy atom. The molecule has 1 amide bonds. The zero-order valence-electron chi connectivity index (χ0n) is 47.1. The lowest BCUT2D eigenvalue weighted by Gasteiger charge is -2.40. The fourth-order valence-corrected chi connectivity index (χ4v) is 9.87. The molecule has 8 N–H and O–H groups in total. The summed E-state index contributed by atoms with van der Waals surface area (Å²) in [7, 11) is 0. The zero-order chi connectivity index (χ0) is 53.3. The molecule has 0 radical (unpaired) electrons. The number of rotatable bonds is 53. The van der Waals surface area contributed by atoms with Gasteiger partial charge >= 0.3 is 0 Å². The van der Waals surface area contributed by atoms with E-state index in [1.54, 1.807) is 0 Å². The summed E-state index contributed by atoms with van der Waals surface area (Å²) in [6, 6.07) is -1.19. The van der Waals surface area contributed by atoms with Crippen LogP contribution in [0.15, 0.2) is 36.5 Å². The Hall–Kier alpha value is -1.67. The number of carbonyl (C=O) groups is 1. The van der Waals surface area contributed by atoms with E-state index in [4.69, 9.17) is 9.47 Å². The lowest BCUT2D eigenvalue weighted by Crippen LogP contribution is -2.60. The van der Waals surface area contributed by atoms with Crippen molar-refractivity contribution in [2.45, 2.75) is 339 Å². The molecule has 1 aliphatic heterocycles. The Balaban J connectivity index is 2.32. The van der Waals surface area contributed by atoms with Crippen molar-refractivity contribution < 1.29 is 50.0 Å². The SMILES string of the molecule is CCCCCCCCCCCCC/C=C\CCCCCCCCC(O)C(=O)NC(COC1OC(CO)C(O)C(O)C1O)C(O)C(O)CCC/C=C/CC/C=C/CCCCCCCCCCCCCCCCCC. The molecule has 73 heavy (non-hydrogen) atoms. The van der Waals surface area contributed by atoms with Crippen LogP contribution >= 0.6 is 0 Å². The first-order valence-corrected chi connectivity index (χ1v) is 30.9. The number of aliphatic hydroxyl groups is 7. The fraction of sp³-hybridized carbons (Fsp3) is 0.887. The number of aliphatic hydroxyl groups excluding tert-OH is 7. The standard InChI is InChI=1S/C62H117NO10/c1-3-5-7-9-11-13-15-17-19-21-23-25-26-27-28-30-31-33-35-37-39-41-43-45-47-49-54(65)57(67)53(52-72-62-60(70)59(69)58(68)56(51-64)73-62)63-61(71)55(66)50-48-46-44-42-40-38-36-34-32-29-24-22-20-18-16-14-12-10-8-6-4-2/h32-35,41,43,53-60,62,64-70H,3-31,36-40,42,44-52H2,1-2H3,(H,63,71)/b34-32-,35-33+,43-41+. The van der Waals surface area contributed by atoms with E-state index in [0.717, 1.165) is 57.8 Å². The van der Waals surface area contributed by atoms with Crippen molar-refractivity contribution in [1.82, 2.24) is 5.32 Å². The highest BCUT2D eigenvalue weighted by atomic mass is 16.7. The van der Waals surface area contributed by atoms with Crippen LogP contribution in [0.1, 0.15) is 284 Å². The number of allylic oxidation sites excluding steroid dienone is 6. The minimum absolute atomic E-state index is 0.244. The lowest BCUT2D eigenvalue weighted by molar-refractivity contribution is -0.303. The van der Waals surface area contributed by atoms with Crippen LogP contribution in [0.4, 0.5) is 0 Å². The van der Waals surface area contributed by atoms with Gasteiger partial charge in [0.25, 0.3) is 0 Å². The third-order valence-corrected chi connectivity index (χ3v) is 14.9. The maximum absolute atomic E-state index is 13.2. The second kappa shape index (κ2) is 51.1. The van der Waals surface area contributed by atoms with Gasteiger partial charge in [0.2, 0.25) is 5.91 Å². The highest BCUT2D eigenvalue weighted by molar-refractivity contribution is 5.80. The van der Waals surface area contributed by atoms with E-state index >= 15 is 0 Å². The van der Waals surface area contributed by atoms with Gasteiger partial charge in [-0.3, -0.25) is 4.79 Å². The van der Waals surface area contributed by atoms with Gasteiger partial charge in [-0.15, -0.1) is 0 Å². The maximum Gasteiger partial charge on any atom is 0.249 e. The van der Waals surface area contributed by atoms with Crippen LogP contribution in [0.5, 0.6) is 0 Å². The van der Waals surface area contributed by atoms with E-state index in [0.29, 0.717) is 19.3 Å². The van der Waals surface area contributed by atoms with Crippen LogP contribution in [0.25, 0.3) is 0 Å². The van der Waals surface area contributed by atoms with Crippen molar-refractivity contribution in [2.75, 3.05) is 13.2 Å². The van der Waals surface area contributed by atoms with E-state index in [1.807, 2.05) is 0 Å². The molecule has 0 spiro atoms. The third-order valence-electron chi connectivity index (χ3n) is 14.9. The predicted octanol–water partition coefficient (Wildman–Crippen LogP) is 13.5. The molecule has 430 valence electrons. The Bertz CT molecular complexity index is 1280. The van der Waals surface area contributed by atoms with Crippen molar-refractivity contribution in [2.24, 2.45) is 0 Å². The van der Waals surface area contributed by atoms with Crippen molar-refractivity contribution >= 4 is 5.91 Å². The summed E-state index contributed by atoms with van der Waals surface area (Å²) >= 11 is 0. The molecule has 0 aromatic rings. The quantitative estimate of drug-likeness (QED) is 0.0215. The van der Waals surface area contributed by atoms with E-state index in [-0.39, 0.29) is 12.8 Å². The second-order valence-electron chi connectivity index (χ2n) is 21.8. The monoisotopic (exact) mass is 1040 g/mol. The molecular formula is C62H117NO10. The summed E-state index contributed by atoms with van der Waals surface area (Å²) in [4.78, 5) is 13.2. The summed E-state index contributed by atoms with van der Waals surface area (Å²) in [6.07, 6.45) is 52.1. The Morgan fingerprint density at radius 3 is 1.22 bits per heavy atom. The van der Waals surface area contributed by atoms with Gasteiger partial charge in [-0.25, -0.2) is 0 Å².